The van der Waals surface area contributed by atoms with Gasteiger partial charge in [0.05, 0.1) is 11.2 Å². The smallest absolute Gasteiger partial charge is 0.132 e. The van der Waals surface area contributed by atoms with Crippen LogP contribution in [-0.4, -0.2) is 4.98 Å². The molecular weight excluding hydrogens is 389 g/mol. The number of pyridine rings is 1. The number of rotatable bonds is 2. The van der Waals surface area contributed by atoms with Gasteiger partial charge >= 0.3 is 0 Å². The molecule has 2 heterocycles. The molecule has 0 saturated heterocycles. The number of benzene rings is 4. The third-order valence-electron chi connectivity index (χ3n) is 5.56. The Hall–Kier alpha value is -3.56. The molecular formula is C27H16FNS. The zero-order valence-corrected chi connectivity index (χ0v) is 16.8. The van der Waals surface area contributed by atoms with Crippen LogP contribution in [0.5, 0.6) is 0 Å². The molecule has 0 radical (unpaired) electrons. The zero-order chi connectivity index (χ0) is 20.1. The second-order valence-electron chi connectivity index (χ2n) is 7.36. The van der Waals surface area contributed by atoms with E-state index in [0.717, 1.165) is 11.3 Å². The second kappa shape index (κ2) is 6.75. The SMILES string of the molecule is Fc1cccc2nc(-c3ccc4sc5c(-c6ccccc6)cccc5c4c3)ccc12. The highest BCUT2D eigenvalue weighted by Gasteiger charge is 2.12. The zero-order valence-electron chi connectivity index (χ0n) is 16.0. The highest BCUT2D eigenvalue weighted by atomic mass is 32.1. The van der Waals surface area contributed by atoms with Crippen molar-refractivity contribution in [2.24, 2.45) is 0 Å². The van der Waals surface area contributed by atoms with Gasteiger partial charge in [-0.05, 0) is 47.5 Å². The molecule has 142 valence electrons. The first-order valence-electron chi connectivity index (χ1n) is 9.84. The lowest BCUT2D eigenvalue weighted by atomic mass is 10.0. The van der Waals surface area contributed by atoms with E-state index in [9.17, 15) is 4.39 Å². The van der Waals surface area contributed by atoms with Gasteiger partial charge in [0, 0.05) is 31.1 Å². The molecule has 1 nitrogen and oxygen atoms in total. The molecule has 0 aliphatic heterocycles. The van der Waals surface area contributed by atoms with Gasteiger partial charge in [-0.1, -0.05) is 60.7 Å². The van der Waals surface area contributed by atoms with Gasteiger partial charge in [0.15, 0.2) is 0 Å². The van der Waals surface area contributed by atoms with Crippen LogP contribution in [0.25, 0.3) is 53.5 Å². The van der Waals surface area contributed by atoms with Crippen LogP contribution in [0, 0.1) is 5.82 Å². The Morgan fingerprint density at radius 3 is 2.40 bits per heavy atom. The summed E-state index contributed by atoms with van der Waals surface area (Å²) in [6.45, 7) is 0. The summed E-state index contributed by atoms with van der Waals surface area (Å²) in [5.41, 5.74) is 5.06. The lowest BCUT2D eigenvalue weighted by molar-refractivity contribution is 0.639. The molecule has 0 unspecified atom stereocenters. The predicted octanol–water partition coefficient (Wildman–Crippen LogP) is 8.08. The molecule has 0 aliphatic carbocycles. The van der Waals surface area contributed by atoms with E-state index in [1.807, 2.05) is 35.6 Å². The standard InChI is InChI=1S/C27H16FNS/c28-23-10-5-11-25-21(23)13-14-24(29-25)18-12-15-26-22(16-18)20-9-4-8-19(27(20)30-26)17-6-2-1-3-7-17/h1-16H. The first kappa shape index (κ1) is 17.3. The average molecular weight is 405 g/mol. The van der Waals surface area contributed by atoms with Gasteiger partial charge < -0.3 is 0 Å². The fraction of sp³-hybridized carbons (Fsp3) is 0. The fourth-order valence-electron chi connectivity index (χ4n) is 4.08. The van der Waals surface area contributed by atoms with Gasteiger partial charge in [0.2, 0.25) is 0 Å². The van der Waals surface area contributed by atoms with Crippen molar-refractivity contribution in [3.05, 3.63) is 103 Å². The summed E-state index contributed by atoms with van der Waals surface area (Å²) in [6.07, 6.45) is 0. The lowest BCUT2D eigenvalue weighted by Crippen LogP contribution is -1.87. The van der Waals surface area contributed by atoms with Crippen LogP contribution in [-0.2, 0) is 0 Å². The van der Waals surface area contributed by atoms with E-state index >= 15 is 0 Å². The Balaban J connectivity index is 1.55. The number of thiophene rings is 1. The largest absolute Gasteiger partial charge is 0.248 e. The average Bonchev–Trinajstić information content (AvgIpc) is 3.18. The number of fused-ring (bicyclic) bond motifs is 4. The van der Waals surface area contributed by atoms with Crippen molar-refractivity contribution in [1.29, 1.82) is 0 Å². The van der Waals surface area contributed by atoms with Crippen molar-refractivity contribution in [2.45, 2.75) is 0 Å². The Morgan fingerprint density at radius 2 is 1.50 bits per heavy atom. The van der Waals surface area contributed by atoms with Gasteiger partial charge in [0.25, 0.3) is 0 Å². The van der Waals surface area contributed by atoms with E-state index in [1.54, 1.807) is 6.07 Å². The molecule has 0 aliphatic rings. The predicted molar refractivity (Wildman–Crippen MR) is 125 cm³/mol. The maximum atomic E-state index is 14.0. The van der Waals surface area contributed by atoms with Crippen LogP contribution < -0.4 is 0 Å². The summed E-state index contributed by atoms with van der Waals surface area (Å²) in [7, 11) is 0. The first-order valence-corrected chi connectivity index (χ1v) is 10.7. The lowest BCUT2D eigenvalue weighted by Gasteiger charge is -2.05. The third-order valence-corrected chi connectivity index (χ3v) is 6.78. The molecule has 0 saturated carbocycles. The second-order valence-corrected chi connectivity index (χ2v) is 8.42. The van der Waals surface area contributed by atoms with Gasteiger partial charge in [0.1, 0.15) is 5.82 Å². The normalized spacial score (nSPS) is 11.5. The minimum atomic E-state index is -0.237. The van der Waals surface area contributed by atoms with Crippen LogP contribution in [0.15, 0.2) is 97.1 Å². The van der Waals surface area contributed by atoms with Crippen LogP contribution in [0.3, 0.4) is 0 Å². The minimum absolute atomic E-state index is 0.237. The summed E-state index contributed by atoms with van der Waals surface area (Å²) in [6, 6.07) is 32.2. The monoisotopic (exact) mass is 405 g/mol. The van der Waals surface area contributed by atoms with E-state index in [-0.39, 0.29) is 5.82 Å². The van der Waals surface area contributed by atoms with Crippen molar-refractivity contribution >= 4 is 42.4 Å². The summed E-state index contributed by atoms with van der Waals surface area (Å²) in [5.74, 6) is -0.237. The maximum Gasteiger partial charge on any atom is 0.132 e. The van der Waals surface area contributed by atoms with Crippen LogP contribution >= 0.6 is 11.3 Å². The van der Waals surface area contributed by atoms with Crippen molar-refractivity contribution in [1.82, 2.24) is 4.98 Å². The summed E-state index contributed by atoms with van der Waals surface area (Å²) < 4.78 is 16.6. The molecule has 4 aromatic carbocycles. The maximum absolute atomic E-state index is 14.0. The molecule has 6 aromatic rings. The van der Waals surface area contributed by atoms with E-state index in [1.165, 1.54) is 37.4 Å². The molecule has 6 rings (SSSR count). The van der Waals surface area contributed by atoms with Crippen molar-refractivity contribution in [2.75, 3.05) is 0 Å². The van der Waals surface area contributed by atoms with Crippen molar-refractivity contribution < 1.29 is 4.39 Å². The van der Waals surface area contributed by atoms with Gasteiger partial charge in [-0.2, -0.15) is 0 Å². The molecule has 0 spiro atoms. The molecule has 30 heavy (non-hydrogen) atoms. The Kier molecular flexibility index (Phi) is 3.90. The van der Waals surface area contributed by atoms with Gasteiger partial charge in [-0.25, -0.2) is 9.37 Å². The quantitative estimate of drug-likeness (QED) is 0.284. The number of hydrogen-bond acceptors (Lipinski definition) is 2. The number of nitrogens with zero attached hydrogens (tertiary/aromatic N) is 1. The molecule has 0 N–H and O–H groups in total. The van der Waals surface area contributed by atoms with Crippen molar-refractivity contribution in [3.8, 4) is 22.4 Å². The first-order chi connectivity index (χ1) is 14.8. The summed E-state index contributed by atoms with van der Waals surface area (Å²) >= 11 is 1.82. The van der Waals surface area contributed by atoms with E-state index in [2.05, 4.69) is 60.7 Å². The molecule has 0 atom stereocenters. The molecule has 0 fully saturated rings. The molecule has 0 bridgehead atoms. The van der Waals surface area contributed by atoms with E-state index in [4.69, 9.17) is 4.98 Å². The number of hydrogen-bond donors (Lipinski definition) is 0. The Bertz CT molecular complexity index is 1550. The Morgan fingerprint density at radius 1 is 0.633 bits per heavy atom. The molecule has 0 amide bonds. The number of halogens is 1. The third kappa shape index (κ3) is 2.71. The summed E-state index contributed by atoms with van der Waals surface area (Å²) in [5, 5.41) is 3.03. The van der Waals surface area contributed by atoms with E-state index in [0.29, 0.717) is 10.9 Å². The minimum Gasteiger partial charge on any atom is -0.248 e. The van der Waals surface area contributed by atoms with E-state index < -0.39 is 0 Å². The van der Waals surface area contributed by atoms with Crippen LogP contribution in [0.1, 0.15) is 0 Å². The van der Waals surface area contributed by atoms with Crippen LogP contribution in [0.4, 0.5) is 4.39 Å². The number of aromatic nitrogens is 1. The van der Waals surface area contributed by atoms with Gasteiger partial charge in [-0.3, -0.25) is 0 Å². The van der Waals surface area contributed by atoms with Crippen LogP contribution in [0.2, 0.25) is 0 Å². The highest BCUT2D eigenvalue weighted by molar-refractivity contribution is 7.26. The molecule has 2 aromatic heterocycles. The summed E-state index contributed by atoms with van der Waals surface area (Å²) in [4.78, 5) is 4.71. The van der Waals surface area contributed by atoms with Crippen molar-refractivity contribution in [3.63, 3.8) is 0 Å². The highest BCUT2D eigenvalue weighted by Crippen LogP contribution is 2.41. The topological polar surface area (TPSA) is 12.9 Å². The Labute approximate surface area is 177 Å². The fourth-order valence-corrected chi connectivity index (χ4v) is 5.30. The van der Waals surface area contributed by atoms with Gasteiger partial charge in [-0.15, -0.1) is 11.3 Å². The molecule has 3 heteroatoms.